The van der Waals surface area contributed by atoms with Gasteiger partial charge in [0.15, 0.2) is 11.5 Å². The predicted octanol–water partition coefficient (Wildman–Crippen LogP) is 2.95. The number of rotatable bonds is 5. The van der Waals surface area contributed by atoms with E-state index >= 15 is 0 Å². The van der Waals surface area contributed by atoms with Crippen molar-refractivity contribution in [1.82, 2.24) is 24.0 Å². The van der Waals surface area contributed by atoms with Crippen LogP contribution in [0.3, 0.4) is 0 Å². The first-order valence-corrected chi connectivity index (χ1v) is 7.85. The van der Waals surface area contributed by atoms with Gasteiger partial charge in [-0.1, -0.05) is 26.8 Å². The highest BCUT2D eigenvalue weighted by Crippen LogP contribution is 2.26. The third-order valence-electron chi connectivity index (χ3n) is 3.35. The lowest BCUT2D eigenvalue weighted by Gasteiger charge is -2.20. The quantitative estimate of drug-likeness (QED) is 0.785. The van der Waals surface area contributed by atoms with Crippen molar-refractivity contribution in [2.45, 2.75) is 33.2 Å². The zero-order valence-electron chi connectivity index (χ0n) is 12.3. The smallest absolute Gasteiger partial charge is 0.203 e. The molecule has 3 aromatic heterocycles. The average molecular weight is 302 g/mol. The molecule has 0 fully saturated rings. The van der Waals surface area contributed by atoms with Gasteiger partial charge in [-0.25, -0.2) is 4.98 Å². The number of anilines is 1. The number of aromatic nitrogens is 5. The molecule has 1 N–H and O–H groups in total. The summed E-state index contributed by atoms with van der Waals surface area (Å²) < 4.78 is 6.33. The van der Waals surface area contributed by atoms with Gasteiger partial charge in [0.1, 0.15) is 5.82 Å². The van der Waals surface area contributed by atoms with E-state index in [0.29, 0.717) is 5.92 Å². The van der Waals surface area contributed by atoms with Gasteiger partial charge in [-0.2, -0.15) is 4.37 Å². The van der Waals surface area contributed by atoms with Crippen LogP contribution in [0.25, 0.3) is 5.65 Å². The van der Waals surface area contributed by atoms with Crippen molar-refractivity contribution >= 4 is 22.3 Å². The minimum atomic E-state index is 0.0417. The molecule has 0 radical (unpaired) electrons. The highest BCUT2D eigenvalue weighted by Gasteiger charge is 2.22. The molecule has 0 saturated carbocycles. The summed E-state index contributed by atoms with van der Waals surface area (Å²) in [6, 6.07) is 5.94. The summed E-state index contributed by atoms with van der Waals surface area (Å²) in [4.78, 5) is 4.48. The first kappa shape index (κ1) is 13.9. The zero-order chi connectivity index (χ0) is 14.8. The van der Waals surface area contributed by atoms with Crippen LogP contribution >= 0.6 is 11.5 Å². The molecule has 3 aromatic rings. The normalized spacial score (nSPS) is 13.0. The van der Waals surface area contributed by atoms with E-state index < -0.39 is 0 Å². The molecule has 21 heavy (non-hydrogen) atoms. The van der Waals surface area contributed by atoms with Crippen LogP contribution in [-0.2, 0) is 6.42 Å². The van der Waals surface area contributed by atoms with Gasteiger partial charge >= 0.3 is 0 Å². The number of nitrogens with zero attached hydrogens (tertiary/aromatic N) is 5. The van der Waals surface area contributed by atoms with Gasteiger partial charge in [0.2, 0.25) is 5.13 Å². The topological polar surface area (TPSA) is 68.0 Å². The molecule has 0 aliphatic heterocycles. The first-order valence-electron chi connectivity index (χ1n) is 7.07. The molecule has 1 unspecified atom stereocenters. The molecule has 0 spiro atoms. The van der Waals surface area contributed by atoms with Gasteiger partial charge in [0.25, 0.3) is 0 Å². The zero-order valence-corrected chi connectivity index (χ0v) is 13.1. The Kier molecular flexibility index (Phi) is 3.83. The summed E-state index contributed by atoms with van der Waals surface area (Å²) in [5, 5.41) is 12.9. The third-order valence-corrected chi connectivity index (χ3v) is 4.03. The lowest BCUT2D eigenvalue weighted by molar-refractivity contribution is 0.517. The first-order chi connectivity index (χ1) is 10.2. The van der Waals surface area contributed by atoms with Crippen LogP contribution in [0.2, 0.25) is 0 Å². The van der Waals surface area contributed by atoms with E-state index in [1.54, 1.807) is 0 Å². The summed E-state index contributed by atoms with van der Waals surface area (Å²) in [6.45, 7) is 6.37. The minimum absolute atomic E-state index is 0.0417. The fourth-order valence-corrected chi connectivity index (χ4v) is 2.88. The van der Waals surface area contributed by atoms with Crippen molar-refractivity contribution in [3.05, 3.63) is 36.0 Å². The van der Waals surface area contributed by atoms with Gasteiger partial charge in [-0.15, -0.1) is 10.2 Å². The molecule has 0 aliphatic rings. The van der Waals surface area contributed by atoms with Crippen molar-refractivity contribution in [3.8, 4) is 0 Å². The van der Waals surface area contributed by atoms with E-state index in [-0.39, 0.29) is 6.04 Å². The maximum Gasteiger partial charge on any atom is 0.203 e. The largest absolute Gasteiger partial charge is 0.350 e. The van der Waals surface area contributed by atoms with Crippen LogP contribution in [0.15, 0.2) is 24.4 Å². The fraction of sp³-hybridized carbons (Fsp3) is 0.429. The number of aryl methyl sites for hydroxylation is 1. The molecule has 6 nitrogen and oxygen atoms in total. The van der Waals surface area contributed by atoms with Crippen molar-refractivity contribution in [2.75, 3.05) is 5.32 Å². The summed E-state index contributed by atoms with van der Waals surface area (Å²) in [5.74, 6) is 2.12. The van der Waals surface area contributed by atoms with Crippen LogP contribution in [0.1, 0.15) is 38.5 Å². The van der Waals surface area contributed by atoms with Crippen LogP contribution < -0.4 is 5.32 Å². The van der Waals surface area contributed by atoms with Gasteiger partial charge in [-0.3, -0.25) is 4.40 Å². The van der Waals surface area contributed by atoms with Crippen molar-refractivity contribution < 1.29 is 0 Å². The molecule has 3 heterocycles. The highest BCUT2D eigenvalue weighted by molar-refractivity contribution is 7.09. The lowest BCUT2D eigenvalue weighted by Crippen LogP contribution is -2.19. The van der Waals surface area contributed by atoms with Crippen molar-refractivity contribution in [3.63, 3.8) is 0 Å². The molecule has 0 aromatic carbocycles. The molecule has 7 heteroatoms. The SMILES string of the molecule is CCc1nsc(NC(c2nnc3ccccn23)C(C)C)n1. The van der Waals surface area contributed by atoms with Crippen molar-refractivity contribution in [2.24, 2.45) is 5.92 Å². The monoisotopic (exact) mass is 302 g/mol. The van der Waals surface area contributed by atoms with E-state index in [4.69, 9.17) is 0 Å². The maximum absolute atomic E-state index is 4.48. The van der Waals surface area contributed by atoms with E-state index in [9.17, 15) is 0 Å². The number of hydrogen-bond acceptors (Lipinski definition) is 6. The second kappa shape index (κ2) is 5.77. The fourth-order valence-electron chi connectivity index (χ4n) is 2.19. The molecule has 0 bridgehead atoms. The minimum Gasteiger partial charge on any atom is -0.350 e. The number of fused-ring (bicyclic) bond motifs is 1. The Balaban J connectivity index is 1.94. The Morgan fingerprint density at radius 2 is 2.14 bits per heavy atom. The van der Waals surface area contributed by atoms with Crippen molar-refractivity contribution in [1.29, 1.82) is 0 Å². The van der Waals surface area contributed by atoms with E-state index in [1.807, 2.05) is 28.8 Å². The van der Waals surface area contributed by atoms with E-state index in [0.717, 1.165) is 28.8 Å². The maximum atomic E-state index is 4.48. The Labute approximate surface area is 127 Å². The summed E-state index contributed by atoms with van der Waals surface area (Å²) >= 11 is 1.39. The average Bonchev–Trinajstić information content (AvgIpc) is 3.11. The number of pyridine rings is 1. The molecule has 110 valence electrons. The van der Waals surface area contributed by atoms with E-state index in [1.165, 1.54) is 11.5 Å². The van der Waals surface area contributed by atoms with Gasteiger partial charge in [0, 0.05) is 24.2 Å². The van der Waals surface area contributed by atoms with E-state index in [2.05, 4.69) is 45.6 Å². The van der Waals surface area contributed by atoms with Gasteiger partial charge < -0.3 is 5.32 Å². The Morgan fingerprint density at radius 1 is 1.29 bits per heavy atom. The third kappa shape index (κ3) is 2.73. The Bertz CT molecular complexity index is 732. The molecular formula is C14H18N6S. The highest BCUT2D eigenvalue weighted by atomic mass is 32.1. The van der Waals surface area contributed by atoms with Gasteiger partial charge in [0.05, 0.1) is 6.04 Å². The molecule has 3 rings (SSSR count). The molecule has 0 aliphatic carbocycles. The molecule has 0 saturated heterocycles. The summed E-state index contributed by atoms with van der Waals surface area (Å²) in [5.41, 5.74) is 0.853. The van der Waals surface area contributed by atoms with Crippen LogP contribution in [-0.4, -0.2) is 24.0 Å². The second-order valence-electron chi connectivity index (χ2n) is 5.22. The Morgan fingerprint density at radius 3 is 2.86 bits per heavy atom. The standard InChI is InChI=1S/C14H18N6S/c1-4-10-15-14(21-19-10)16-12(9(2)3)13-18-17-11-7-5-6-8-20(11)13/h5-9,12H,4H2,1-3H3,(H,15,16,19). The Hall–Kier alpha value is -2.02. The predicted molar refractivity (Wildman–Crippen MR) is 83.5 cm³/mol. The summed E-state index contributed by atoms with van der Waals surface area (Å²) in [7, 11) is 0. The summed E-state index contributed by atoms with van der Waals surface area (Å²) in [6.07, 6.45) is 2.83. The molecular weight excluding hydrogens is 284 g/mol. The molecule has 0 amide bonds. The van der Waals surface area contributed by atoms with Crippen LogP contribution in [0.4, 0.5) is 5.13 Å². The lowest BCUT2D eigenvalue weighted by atomic mass is 10.0. The molecule has 1 atom stereocenters. The van der Waals surface area contributed by atoms with Crippen LogP contribution in [0, 0.1) is 5.92 Å². The number of nitrogens with one attached hydrogen (secondary N) is 1. The van der Waals surface area contributed by atoms with Crippen LogP contribution in [0.5, 0.6) is 0 Å². The number of hydrogen-bond donors (Lipinski definition) is 1. The second-order valence-corrected chi connectivity index (χ2v) is 5.97. The van der Waals surface area contributed by atoms with Gasteiger partial charge in [-0.05, 0) is 18.1 Å².